The number of nitrogens with zero attached hydrogens (tertiary/aromatic N) is 2. The monoisotopic (exact) mass is 368 g/mol. The fourth-order valence-corrected chi connectivity index (χ4v) is 1.61. The van der Waals surface area contributed by atoms with Crippen molar-refractivity contribution < 1.29 is 9.90 Å². The summed E-state index contributed by atoms with van der Waals surface area (Å²) in [6.07, 6.45) is 1.39. The molecule has 0 aliphatic rings. The zero-order valence-corrected chi connectivity index (χ0v) is 16.4. The fraction of sp³-hybridized carbons (Fsp3) is 0.389. The Morgan fingerprint density at radius 3 is 2.24 bits per heavy atom. The lowest BCUT2D eigenvalue weighted by Gasteiger charge is -2.10. The number of amides is 1. The van der Waals surface area contributed by atoms with Gasteiger partial charge in [0.25, 0.3) is 5.91 Å². The van der Waals surface area contributed by atoms with Crippen LogP contribution in [0.5, 0.6) is 0 Å². The number of nitrogens with one attached hydrogen (secondary N) is 2. The van der Waals surface area contributed by atoms with Gasteiger partial charge in [-0.25, -0.2) is 0 Å². The summed E-state index contributed by atoms with van der Waals surface area (Å²) in [5, 5.41) is 14.8. The summed E-state index contributed by atoms with van der Waals surface area (Å²) < 4.78 is 0. The molecule has 140 valence electrons. The number of carbonyl (C=O) groups excluding carboxylic acids is 1. The van der Waals surface area contributed by atoms with E-state index < -0.39 is 5.91 Å². The highest BCUT2D eigenvalue weighted by Gasteiger charge is 2.17. The largest absolute Gasteiger partial charge is 0.394 e. The van der Waals surface area contributed by atoms with Crippen LogP contribution in [0.25, 0.3) is 0 Å². The highest BCUT2D eigenvalue weighted by molar-refractivity contribution is 6.68. The molecule has 0 aliphatic carbocycles. The van der Waals surface area contributed by atoms with Crippen LogP contribution < -0.4 is 10.6 Å². The van der Waals surface area contributed by atoms with E-state index in [4.69, 9.17) is 16.7 Å². The normalized spacial score (nSPS) is 10.5. The lowest BCUT2D eigenvalue weighted by atomic mass is 10.2. The van der Waals surface area contributed by atoms with Crippen molar-refractivity contribution >= 4 is 34.7 Å². The van der Waals surface area contributed by atoms with E-state index in [0.29, 0.717) is 10.7 Å². The zero-order valence-electron chi connectivity index (χ0n) is 15.6. The molecule has 0 spiro atoms. The predicted octanol–water partition coefficient (Wildman–Crippen LogP) is 3.53. The maximum atomic E-state index is 12.2. The summed E-state index contributed by atoms with van der Waals surface area (Å²) >= 11 is 5.79. The van der Waals surface area contributed by atoms with Gasteiger partial charge in [0.05, 0.1) is 13.2 Å². The number of amidine groups is 1. The number of carbonyl (C=O) groups is 1. The number of rotatable bonds is 6. The van der Waals surface area contributed by atoms with E-state index in [1.165, 1.54) is 13.2 Å². The molecule has 7 heteroatoms. The average Bonchev–Trinajstić information content (AvgIpc) is 2.65. The topological polar surface area (TPSA) is 86.1 Å². The van der Waals surface area contributed by atoms with E-state index in [1.54, 1.807) is 24.3 Å². The van der Waals surface area contributed by atoms with Crippen LogP contribution in [0.3, 0.4) is 0 Å². The number of anilines is 1. The lowest BCUT2D eigenvalue weighted by Crippen LogP contribution is -2.37. The Morgan fingerprint density at radius 1 is 1.24 bits per heavy atom. The van der Waals surface area contributed by atoms with Crippen molar-refractivity contribution in [3.05, 3.63) is 42.1 Å². The molecule has 3 N–H and O–H groups in total. The van der Waals surface area contributed by atoms with E-state index in [2.05, 4.69) is 27.2 Å². The molecule has 1 aromatic carbocycles. The number of aliphatic imine (C=N–C) groups is 2. The number of hydrogen-bond acceptors (Lipinski definition) is 4. The van der Waals surface area contributed by atoms with Crippen molar-refractivity contribution in [2.45, 2.75) is 27.7 Å². The zero-order chi connectivity index (χ0) is 19.7. The highest BCUT2D eigenvalue weighted by atomic mass is 35.5. The van der Waals surface area contributed by atoms with Crippen LogP contribution in [-0.2, 0) is 4.79 Å². The SMILES string of the molecule is C=CNC(=NCCO)C(=NC)C(=O)Nc1ccc(Cl)cc1.CC.CC. The number of aliphatic hydroxyl groups is 1. The van der Waals surface area contributed by atoms with Gasteiger partial charge in [0.1, 0.15) is 0 Å². The highest BCUT2D eigenvalue weighted by Crippen LogP contribution is 2.13. The molecule has 0 unspecified atom stereocenters. The third-order valence-electron chi connectivity index (χ3n) is 2.37. The first-order valence-corrected chi connectivity index (χ1v) is 8.57. The van der Waals surface area contributed by atoms with Crippen molar-refractivity contribution in [3.63, 3.8) is 0 Å². The molecule has 1 amide bonds. The van der Waals surface area contributed by atoms with Crippen LogP contribution in [0.1, 0.15) is 27.7 Å². The standard InChI is InChI=1S/C14H17ClN4O2.2C2H6/c1-3-17-13(18-8-9-20)12(16-2)14(21)19-11-6-4-10(15)5-7-11;2*1-2/h3-7,20H,1,8-9H2,2H3,(H,17,18)(H,19,21);2*1-2H3. The Bertz CT molecular complexity index is 555. The van der Waals surface area contributed by atoms with Crippen molar-refractivity contribution in [1.29, 1.82) is 0 Å². The molecule has 0 heterocycles. The molecule has 0 bridgehead atoms. The molecule has 1 rings (SSSR count). The molecule has 0 saturated carbocycles. The van der Waals surface area contributed by atoms with Crippen LogP contribution in [0.2, 0.25) is 5.02 Å². The Kier molecular flexibility index (Phi) is 16.7. The second-order valence-corrected chi connectivity index (χ2v) is 4.27. The second-order valence-electron chi connectivity index (χ2n) is 3.84. The van der Waals surface area contributed by atoms with Gasteiger partial charge < -0.3 is 15.7 Å². The average molecular weight is 369 g/mol. The van der Waals surface area contributed by atoms with Gasteiger partial charge in [0, 0.05) is 17.8 Å². The number of benzene rings is 1. The molecule has 0 saturated heterocycles. The van der Waals surface area contributed by atoms with Crippen LogP contribution >= 0.6 is 11.6 Å². The summed E-state index contributed by atoms with van der Waals surface area (Å²) in [7, 11) is 1.48. The van der Waals surface area contributed by atoms with E-state index in [0.717, 1.165) is 0 Å². The molecule has 0 aromatic heterocycles. The van der Waals surface area contributed by atoms with Crippen LogP contribution in [0, 0.1) is 0 Å². The van der Waals surface area contributed by atoms with Crippen LogP contribution in [0.4, 0.5) is 5.69 Å². The van der Waals surface area contributed by atoms with E-state index in [9.17, 15) is 4.79 Å². The third-order valence-corrected chi connectivity index (χ3v) is 2.63. The minimum absolute atomic E-state index is 0.110. The van der Waals surface area contributed by atoms with Gasteiger partial charge in [-0.15, -0.1) is 0 Å². The van der Waals surface area contributed by atoms with Gasteiger partial charge in [-0.1, -0.05) is 45.9 Å². The molecule has 25 heavy (non-hydrogen) atoms. The first-order chi connectivity index (χ1) is 12.1. The molecule has 0 radical (unpaired) electrons. The van der Waals surface area contributed by atoms with Crippen molar-refractivity contribution in [1.82, 2.24) is 5.32 Å². The fourth-order valence-electron chi connectivity index (χ4n) is 1.49. The van der Waals surface area contributed by atoms with Gasteiger partial charge in [0.2, 0.25) is 0 Å². The van der Waals surface area contributed by atoms with E-state index in [-0.39, 0.29) is 24.7 Å². The van der Waals surface area contributed by atoms with Gasteiger partial charge in [-0.2, -0.15) is 0 Å². The summed E-state index contributed by atoms with van der Waals surface area (Å²) in [6.45, 7) is 11.6. The summed E-state index contributed by atoms with van der Waals surface area (Å²) in [4.78, 5) is 20.2. The number of halogens is 1. The maximum absolute atomic E-state index is 12.2. The summed E-state index contributed by atoms with van der Waals surface area (Å²) in [6, 6.07) is 6.70. The van der Waals surface area contributed by atoms with E-state index in [1.807, 2.05) is 27.7 Å². The Hall–Kier alpha value is -2.18. The molecule has 0 fully saturated rings. The third kappa shape index (κ3) is 10.3. The van der Waals surface area contributed by atoms with Gasteiger partial charge in [0.15, 0.2) is 11.5 Å². The summed E-state index contributed by atoms with van der Waals surface area (Å²) in [5.74, 6) is -0.182. The van der Waals surface area contributed by atoms with Gasteiger partial charge in [-0.3, -0.25) is 14.8 Å². The first-order valence-electron chi connectivity index (χ1n) is 8.19. The quantitative estimate of drug-likeness (QED) is 0.530. The molecule has 1 aromatic rings. The number of hydrogen-bond donors (Lipinski definition) is 3. The molecular formula is C18H29ClN4O2. The molecule has 0 aliphatic heterocycles. The van der Waals surface area contributed by atoms with Crippen LogP contribution in [-0.4, -0.2) is 42.8 Å². The minimum atomic E-state index is -0.425. The summed E-state index contributed by atoms with van der Waals surface area (Å²) in [5.41, 5.74) is 0.698. The Balaban J connectivity index is 0. The van der Waals surface area contributed by atoms with Crippen molar-refractivity contribution in [2.75, 3.05) is 25.5 Å². The minimum Gasteiger partial charge on any atom is -0.394 e. The van der Waals surface area contributed by atoms with E-state index >= 15 is 0 Å². The van der Waals surface area contributed by atoms with Gasteiger partial charge >= 0.3 is 0 Å². The molecular weight excluding hydrogens is 340 g/mol. The smallest absolute Gasteiger partial charge is 0.277 e. The maximum Gasteiger partial charge on any atom is 0.277 e. The Morgan fingerprint density at radius 2 is 1.80 bits per heavy atom. The van der Waals surface area contributed by atoms with Crippen molar-refractivity contribution in [2.24, 2.45) is 9.98 Å². The van der Waals surface area contributed by atoms with Crippen LogP contribution in [0.15, 0.2) is 47.0 Å². The lowest BCUT2D eigenvalue weighted by molar-refractivity contribution is -0.110. The van der Waals surface area contributed by atoms with Gasteiger partial charge in [-0.05, 0) is 30.5 Å². The second kappa shape index (κ2) is 16.7. The van der Waals surface area contributed by atoms with Crippen molar-refractivity contribution in [3.8, 4) is 0 Å². The molecule has 6 nitrogen and oxygen atoms in total. The Labute approximate surface area is 155 Å². The number of aliphatic hydroxyl groups excluding tert-OH is 1. The molecule has 0 atom stereocenters. The predicted molar refractivity (Wildman–Crippen MR) is 109 cm³/mol. The first kappa shape index (κ1) is 25.1.